The zero-order valence-corrected chi connectivity index (χ0v) is 9.76. The lowest BCUT2D eigenvalue weighted by molar-refractivity contribution is -0.123. The number of nitrogens with one attached hydrogen (secondary N) is 1. The Kier molecular flexibility index (Phi) is 4.62. The predicted octanol–water partition coefficient (Wildman–Crippen LogP) is 1.32. The van der Waals surface area contributed by atoms with Crippen molar-refractivity contribution in [3.05, 3.63) is 0 Å². The van der Waals surface area contributed by atoms with E-state index >= 15 is 0 Å². The summed E-state index contributed by atoms with van der Waals surface area (Å²) in [6.45, 7) is 1.49. The number of urea groups is 1. The highest BCUT2D eigenvalue weighted by molar-refractivity contribution is 5.74. The van der Waals surface area contributed by atoms with E-state index in [1.165, 1.54) is 4.90 Å². The average Bonchev–Trinajstić information content (AvgIpc) is 2.25. The molecule has 1 aliphatic heterocycles. The van der Waals surface area contributed by atoms with Crippen LogP contribution in [0, 0.1) is 5.92 Å². The van der Waals surface area contributed by atoms with Crippen molar-refractivity contribution in [1.29, 1.82) is 0 Å². The predicted molar refractivity (Wildman–Crippen MR) is 57.4 cm³/mol. The maximum atomic E-state index is 11.9. The SMILES string of the molecule is CC(N)C1CCCN(C(=O)NCC(F)(F)F)C1. The van der Waals surface area contributed by atoms with Gasteiger partial charge in [0, 0.05) is 19.1 Å². The van der Waals surface area contributed by atoms with Crippen molar-refractivity contribution in [3.8, 4) is 0 Å². The Morgan fingerprint density at radius 2 is 2.24 bits per heavy atom. The number of amides is 2. The number of halogens is 3. The first-order chi connectivity index (χ1) is 7.79. The van der Waals surface area contributed by atoms with Crippen LogP contribution in [0.3, 0.4) is 0 Å². The Bertz CT molecular complexity index is 268. The molecule has 2 atom stereocenters. The third-order valence-electron chi connectivity index (χ3n) is 2.93. The third-order valence-corrected chi connectivity index (χ3v) is 2.93. The molecule has 1 saturated heterocycles. The first-order valence-electron chi connectivity index (χ1n) is 5.64. The van der Waals surface area contributed by atoms with Crippen LogP contribution in [0.5, 0.6) is 0 Å². The minimum absolute atomic E-state index is 0.0479. The Labute approximate surface area is 98.3 Å². The Balaban J connectivity index is 2.41. The summed E-state index contributed by atoms with van der Waals surface area (Å²) in [6, 6.07) is -0.708. The number of rotatable bonds is 2. The monoisotopic (exact) mass is 253 g/mol. The van der Waals surface area contributed by atoms with Crippen LogP contribution in [0.4, 0.5) is 18.0 Å². The fraction of sp³-hybridized carbons (Fsp3) is 0.900. The molecular weight excluding hydrogens is 235 g/mol. The van der Waals surface area contributed by atoms with E-state index in [2.05, 4.69) is 0 Å². The van der Waals surface area contributed by atoms with Crippen LogP contribution in [0.2, 0.25) is 0 Å². The van der Waals surface area contributed by atoms with Crippen LogP contribution in [0.25, 0.3) is 0 Å². The molecular formula is C10H18F3N3O. The summed E-state index contributed by atoms with van der Waals surface area (Å²) >= 11 is 0. The lowest BCUT2D eigenvalue weighted by atomic mass is 9.92. The molecule has 0 bridgehead atoms. The molecule has 0 aromatic heterocycles. The number of carbonyl (C=O) groups excluding carboxylic acids is 1. The fourth-order valence-electron chi connectivity index (χ4n) is 1.91. The van der Waals surface area contributed by atoms with Crippen molar-refractivity contribution in [2.24, 2.45) is 11.7 Å². The highest BCUT2D eigenvalue weighted by atomic mass is 19.4. The molecule has 4 nitrogen and oxygen atoms in total. The van der Waals surface area contributed by atoms with Gasteiger partial charge in [0.05, 0.1) is 0 Å². The molecule has 3 N–H and O–H groups in total. The van der Waals surface area contributed by atoms with Gasteiger partial charge in [0.1, 0.15) is 6.54 Å². The van der Waals surface area contributed by atoms with Gasteiger partial charge in [-0.05, 0) is 25.7 Å². The number of alkyl halides is 3. The molecule has 0 aliphatic carbocycles. The molecule has 17 heavy (non-hydrogen) atoms. The highest BCUT2D eigenvalue weighted by Crippen LogP contribution is 2.19. The van der Waals surface area contributed by atoms with E-state index in [1.807, 2.05) is 12.2 Å². The van der Waals surface area contributed by atoms with Crippen molar-refractivity contribution in [3.63, 3.8) is 0 Å². The van der Waals surface area contributed by atoms with E-state index in [0.29, 0.717) is 13.1 Å². The molecule has 100 valence electrons. The van der Waals surface area contributed by atoms with E-state index in [9.17, 15) is 18.0 Å². The van der Waals surface area contributed by atoms with Gasteiger partial charge < -0.3 is 16.0 Å². The van der Waals surface area contributed by atoms with Crippen LogP contribution in [0.15, 0.2) is 0 Å². The molecule has 1 aliphatic rings. The highest BCUT2D eigenvalue weighted by Gasteiger charge is 2.30. The van der Waals surface area contributed by atoms with E-state index < -0.39 is 18.8 Å². The van der Waals surface area contributed by atoms with Gasteiger partial charge in [-0.1, -0.05) is 0 Å². The van der Waals surface area contributed by atoms with Gasteiger partial charge in [-0.25, -0.2) is 4.79 Å². The molecule has 1 fully saturated rings. The lowest BCUT2D eigenvalue weighted by Crippen LogP contribution is -2.50. The molecule has 0 spiro atoms. The van der Waals surface area contributed by atoms with E-state index in [4.69, 9.17) is 5.73 Å². The molecule has 0 aromatic carbocycles. The fourth-order valence-corrected chi connectivity index (χ4v) is 1.91. The summed E-state index contributed by atoms with van der Waals surface area (Å²) in [5, 5.41) is 1.87. The second-order valence-corrected chi connectivity index (χ2v) is 4.48. The zero-order chi connectivity index (χ0) is 13.1. The number of carbonyl (C=O) groups is 1. The smallest absolute Gasteiger partial charge is 0.329 e. The van der Waals surface area contributed by atoms with Crippen molar-refractivity contribution < 1.29 is 18.0 Å². The first kappa shape index (κ1) is 14.1. The summed E-state index contributed by atoms with van der Waals surface area (Å²) in [5.74, 6) is 0.167. The van der Waals surface area contributed by atoms with Gasteiger partial charge in [0.15, 0.2) is 0 Å². The van der Waals surface area contributed by atoms with Gasteiger partial charge in [-0.15, -0.1) is 0 Å². The first-order valence-corrected chi connectivity index (χ1v) is 5.64. The second-order valence-electron chi connectivity index (χ2n) is 4.48. The summed E-state index contributed by atoms with van der Waals surface area (Å²) in [6.07, 6.45) is -2.67. The van der Waals surface area contributed by atoms with E-state index in [1.54, 1.807) is 0 Å². The molecule has 1 rings (SSSR count). The largest absolute Gasteiger partial charge is 0.405 e. The van der Waals surface area contributed by atoms with Gasteiger partial charge >= 0.3 is 12.2 Å². The minimum Gasteiger partial charge on any atom is -0.329 e. The number of nitrogens with zero attached hydrogens (tertiary/aromatic N) is 1. The van der Waals surface area contributed by atoms with Gasteiger partial charge in [0.2, 0.25) is 0 Å². The topological polar surface area (TPSA) is 58.4 Å². The second kappa shape index (κ2) is 5.57. The van der Waals surface area contributed by atoms with Crippen LogP contribution in [-0.2, 0) is 0 Å². The van der Waals surface area contributed by atoms with Crippen molar-refractivity contribution in [2.45, 2.75) is 32.0 Å². The Morgan fingerprint density at radius 1 is 1.59 bits per heavy atom. The van der Waals surface area contributed by atoms with Gasteiger partial charge in [-0.2, -0.15) is 13.2 Å². The maximum absolute atomic E-state index is 11.9. The summed E-state index contributed by atoms with van der Waals surface area (Å²) in [7, 11) is 0. The molecule has 1 heterocycles. The molecule has 7 heteroatoms. The normalized spacial score (nSPS) is 23.4. The maximum Gasteiger partial charge on any atom is 0.405 e. The van der Waals surface area contributed by atoms with Crippen LogP contribution in [0.1, 0.15) is 19.8 Å². The number of hydrogen-bond donors (Lipinski definition) is 2. The van der Waals surface area contributed by atoms with E-state index in [-0.39, 0.29) is 12.0 Å². The quantitative estimate of drug-likeness (QED) is 0.779. The number of likely N-dealkylation sites (tertiary alicyclic amines) is 1. The summed E-state index contributed by atoms with van der Waals surface area (Å²) in [5.41, 5.74) is 5.73. The van der Waals surface area contributed by atoms with Gasteiger partial charge in [0.25, 0.3) is 0 Å². The van der Waals surface area contributed by atoms with Crippen molar-refractivity contribution in [1.82, 2.24) is 10.2 Å². The Morgan fingerprint density at radius 3 is 2.76 bits per heavy atom. The van der Waals surface area contributed by atoms with Crippen LogP contribution in [-0.4, -0.2) is 42.8 Å². The summed E-state index contributed by atoms with van der Waals surface area (Å²) < 4.78 is 35.8. The standard InChI is InChI=1S/C10H18F3N3O/c1-7(14)8-3-2-4-16(5-8)9(17)15-6-10(11,12)13/h7-8H,2-6,14H2,1H3,(H,15,17). The number of nitrogens with two attached hydrogens (primary N) is 1. The van der Waals surface area contributed by atoms with Crippen LogP contribution >= 0.6 is 0 Å². The van der Waals surface area contributed by atoms with Crippen molar-refractivity contribution in [2.75, 3.05) is 19.6 Å². The molecule has 0 radical (unpaired) electrons. The van der Waals surface area contributed by atoms with Crippen molar-refractivity contribution >= 4 is 6.03 Å². The number of piperidine rings is 1. The number of hydrogen-bond acceptors (Lipinski definition) is 2. The lowest BCUT2D eigenvalue weighted by Gasteiger charge is -2.34. The molecule has 2 amide bonds. The average molecular weight is 253 g/mol. The molecule has 0 aromatic rings. The van der Waals surface area contributed by atoms with Gasteiger partial charge in [-0.3, -0.25) is 0 Å². The molecule has 2 unspecified atom stereocenters. The molecule has 0 saturated carbocycles. The third kappa shape index (κ3) is 4.80. The Hall–Kier alpha value is -0.980. The minimum atomic E-state index is -4.37. The zero-order valence-electron chi connectivity index (χ0n) is 9.76. The van der Waals surface area contributed by atoms with Crippen LogP contribution < -0.4 is 11.1 Å². The van der Waals surface area contributed by atoms with E-state index in [0.717, 1.165) is 12.8 Å². The summed E-state index contributed by atoms with van der Waals surface area (Å²) in [4.78, 5) is 12.9.